The van der Waals surface area contributed by atoms with Crippen LogP contribution < -0.4 is 0 Å². The summed E-state index contributed by atoms with van der Waals surface area (Å²) >= 11 is 0. The van der Waals surface area contributed by atoms with Gasteiger partial charge in [-0.25, -0.2) is 0 Å². The first-order valence-corrected chi connectivity index (χ1v) is 34.3. The van der Waals surface area contributed by atoms with Crippen molar-refractivity contribution in [3.63, 3.8) is 0 Å². The summed E-state index contributed by atoms with van der Waals surface area (Å²) in [6.07, 6.45) is 85.5. The van der Waals surface area contributed by atoms with Crippen LogP contribution in [0.15, 0.2) is 60.8 Å². The van der Waals surface area contributed by atoms with Gasteiger partial charge in [-0.05, 0) is 83.5 Å². The van der Waals surface area contributed by atoms with Crippen molar-refractivity contribution in [3.8, 4) is 0 Å². The smallest absolute Gasteiger partial charge is 0.306 e. The van der Waals surface area contributed by atoms with Gasteiger partial charge in [0, 0.05) is 19.3 Å². The Bertz CT molecular complexity index is 1390. The van der Waals surface area contributed by atoms with Crippen LogP contribution in [0, 0.1) is 0 Å². The van der Waals surface area contributed by atoms with Crippen LogP contribution in [0.4, 0.5) is 0 Å². The Morgan fingerprint density at radius 1 is 0.269 bits per heavy atom. The first-order valence-electron chi connectivity index (χ1n) is 34.3. The maximum absolute atomic E-state index is 12.9. The monoisotopic (exact) mass is 1090 g/mol. The summed E-state index contributed by atoms with van der Waals surface area (Å²) in [5.74, 6) is -0.899. The molecular weight excluding hydrogens is 961 g/mol. The molecule has 78 heavy (non-hydrogen) atoms. The topological polar surface area (TPSA) is 78.9 Å². The van der Waals surface area contributed by atoms with Crippen molar-refractivity contribution in [2.75, 3.05) is 13.2 Å². The van der Waals surface area contributed by atoms with Gasteiger partial charge in [0.05, 0.1) is 0 Å². The van der Waals surface area contributed by atoms with Crippen LogP contribution in [0.25, 0.3) is 0 Å². The average Bonchev–Trinajstić information content (AvgIpc) is 3.44. The van der Waals surface area contributed by atoms with E-state index < -0.39 is 6.10 Å². The number of unbranched alkanes of at least 4 members (excludes halogenated alkanes) is 42. The SMILES string of the molecule is CC/C=C\C/C=C\C/C=C\C/C=C\CCCCCCC(=O)OC(COC(=O)CCCCCCC/C=C\CCCCCC)COC(=O)CCCCCCCCCCCCCCCCCCCCCCCCCCCCCCCC. The van der Waals surface area contributed by atoms with Crippen LogP contribution in [0.1, 0.15) is 361 Å². The van der Waals surface area contributed by atoms with Crippen molar-refractivity contribution >= 4 is 17.9 Å². The second kappa shape index (κ2) is 66.6. The Hall–Kier alpha value is -2.89. The number of carbonyl (C=O) groups excluding carboxylic acids is 3. The standard InChI is InChI=1S/C72H130O6/c1-4-7-10-13-16-19-22-25-27-29-30-31-32-33-34-35-36-37-38-39-40-41-43-44-47-50-53-56-59-62-65-71(74)77-68-69(67-76-70(73)64-61-58-55-52-49-46-24-21-18-15-12-9-6-3)78-72(75)66-63-60-57-54-51-48-45-42-28-26-23-20-17-14-11-8-5-2/h8,11,17,20-21,24,26,28,45,48,69H,4-7,9-10,12-16,18-19,22-23,25,27,29-44,46-47,49-68H2,1-3H3/b11-8-,20-17-,24-21-,28-26-,48-45-. The summed E-state index contributed by atoms with van der Waals surface area (Å²) < 4.78 is 16.9. The molecule has 0 spiro atoms. The zero-order valence-electron chi connectivity index (χ0n) is 52.2. The number of ether oxygens (including phenoxy) is 3. The first-order chi connectivity index (χ1) is 38.5. The van der Waals surface area contributed by atoms with Gasteiger partial charge in [0.25, 0.3) is 0 Å². The van der Waals surface area contributed by atoms with Gasteiger partial charge < -0.3 is 14.2 Å². The number of hydrogen-bond donors (Lipinski definition) is 0. The molecule has 0 aliphatic rings. The molecule has 1 atom stereocenters. The maximum atomic E-state index is 12.9. The molecule has 0 fully saturated rings. The summed E-state index contributed by atoms with van der Waals surface area (Å²) in [5, 5.41) is 0. The zero-order chi connectivity index (χ0) is 56.4. The third-order valence-electron chi connectivity index (χ3n) is 15.3. The lowest BCUT2D eigenvalue weighted by molar-refractivity contribution is -0.167. The largest absolute Gasteiger partial charge is 0.462 e. The van der Waals surface area contributed by atoms with E-state index in [4.69, 9.17) is 14.2 Å². The van der Waals surface area contributed by atoms with E-state index in [1.54, 1.807) is 0 Å². The van der Waals surface area contributed by atoms with Gasteiger partial charge >= 0.3 is 17.9 Å². The molecule has 6 nitrogen and oxygen atoms in total. The van der Waals surface area contributed by atoms with E-state index in [2.05, 4.69) is 81.5 Å². The highest BCUT2D eigenvalue weighted by molar-refractivity contribution is 5.71. The normalized spacial score (nSPS) is 12.4. The third-order valence-corrected chi connectivity index (χ3v) is 15.3. The van der Waals surface area contributed by atoms with Crippen molar-refractivity contribution in [1.82, 2.24) is 0 Å². The first kappa shape index (κ1) is 75.1. The molecule has 0 N–H and O–H groups in total. The number of hydrogen-bond acceptors (Lipinski definition) is 6. The quantitative estimate of drug-likeness (QED) is 0.0261. The predicted octanol–water partition coefficient (Wildman–Crippen LogP) is 23.5. The molecule has 0 bridgehead atoms. The van der Waals surface area contributed by atoms with Gasteiger partial charge in [-0.1, -0.05) is 319 Å². The Morgan fingerprint density at radius 2 is 0.500 bits per heavy atom. The lowest BCUT2D eigenvalue weighted by Crippen LogP contribution is -2.30. The molecule has 0 aromatic rings. The second-order valence-electron chi connectivity index (χ2n) is 23.1. The molecule has 0 saturated carbocycles. The van der Waals surface area contributed by atoms with E-state index in [9.17, 15) is 14.4 Å². The number of esters is 3. The molecule has 6 heteroatoms. The molecule has 0 aliphatic heterocycles. The fourth-order valence-corrected chi connectivity index (χ4v) is 10.1. The van der Waals surface area contributed by atoms with E-state index in [1.807, 2.05) is 0 Å². The van der Waals surface area contributed by atoms with Crippen LogP contribution in [-0.2, 0) is 28.6 Å². The van der Waals surface area contributed by atoms with E-state index in [1.165, 1.54) is 218 Å². The van der Waals surface area contributed by atoms with Gasteiger partial charge in [0.15, 0.2) is 6.10 Å². The zero-order valence-corrected chi connectivity index (χ0v) is 52.2. The molecule has 0 rings (SSSR count). The Balaban J connectivity index is 4.18. The van der Waals surface area contributed by atoms with E-state index >= 15 is 0 Å². The summed E-state index contributed by atoms with van der Waals surface area (Å²) in [6, 6.07) is 0. The highest BCUT2D eigenvalue weighted by atomic mass is 16.6. The molecule has 0 aromatic heterocycles. The predicted molar refractivity (Wildman–Crippen MR) is 339 cm³/mol. The summed E-state index contributed by atoms with van der Waals surface area (Å²) in [5.41, 5.74) is 0. The molecule has 0 aliphatic carbocycles. The van der Waals surface area contributed by atoms with Crippen LogP contribution in [0.3, 0.4) is 0 Å². The Morgan fingerprint density at radius 3 is 0.808 bits per heavy atom. The molecule has 1 unspecified atom stereocenters. The minimum Gasteiger partial charge on any atom is -0.462 e. The van der Waals surface area contributed by atoms with Crippen molar-refractivity contribution in [2.24, 2.45) is 0 Å². The summed E-state index contributed by atoms with van der Waals surface area (Å²) in [4.78, 5) is 38.3. The highest BCUT2D eigenvalue weighted by Crippen LogP contribution is 2.18. The second-order valence-corrected chi connectivity index (χ2v) is 23.1. The van der Waals surface area contributed by atoms with E-state index in [-0.39, 0.29) is 31.1 Å². The van der Waals surface area contributed by atoms with Gasteiger partial charge in [-0.15, -0.1) is 0 Å². The van der Waals surface area contributed by atoms with Gasteiger partial charge in [-0.2, -0.15) is 0 Å². The minimum absolute atomic E-state index is 0.0838. The fraction of sp³-hybridized carbons (Fsp3) is 0.819. The van der Waals surface area contributed by atoms with Crippen LogP contribution in [0.2, 0.25) is 0 Å². The fourth-order valence-electron chi connectivity index (χ4n) is 10.1. The van der Waals surface area contributed by atoms with Crippen LogP contribution >= 0.6 is 0 Å². The number of carbonyl (C=O) groups is 3. The molecular formula is C72H130O6. The molecule has 454 valence electrons. The van der Waals surface area contributed by atoms with Gasteiger partial charge in [0.2, 0.25) is 0 Å². The van der Waals surface area contributed by atoms with E-state index in [0.717, 1.165) is 103 Å². The lowest BCUT2D eigenvalue weighted by Gasteiger charge is -2.18. The average molecular weight is 1090 g/mol. The summed E-state index contributed by atoms with van der Waals surface area (Å²) in [7, 11) is 0. The molecule has 0 heterocycles. The maximum Gasteiger partial charge on any atom is 0.306 e. The van der Waals surface area contributed by atoms with E-state index in [0.29, 0.717) is 19.3 Å². The molecule has 0 saturated heterocycles. The van der Waals surface area contributed by atoms with Crippen LogP contribution in [0.5, 0.6) is 0 Å². The minimum atomic E-state index is -0.790. The van der Waals surface area contributed by atoms with Gasteiger partial charge in [0.1, 0.15) is 13.2 Å². The van der Waals surface area contributed by atoms with Crippen molar-refractivity contribution in [1.29, 1.82) is 0 Å². The Kier molecular flexibility index (Phi) is 64.2. The van der Waals surface area contributed by atoms with Gasteiger partial charge in [-0.3, -0.25) is 14.4 Å². The molecule has 0 aromatic carbocycles. The third kappa shape index (κ3) is 63.9. The molecule has 0 amide bonds. The van der Waals surface area contributed by atoms with Crippen molar-refractivity contribution in [3.05, 3.63) is 60.8 Å². The lowest BCUT2D eigenvalue weighted by atomic mass is 10.0. The summed E-state index contributed by atoms with van der Waals surface area (Å²) in [6.45, 7) is 6.54. The number of allylic oxidation sites excluding steroid dienone is 10. The molecule has 0 radical (unpaired) electrons. The van der Waals surface area contributed by atoms with Crippen molar-refractivity contribution < 1.29 is 28.6 Å². The number of rotatable bonds is 63. The van der Waals surface area contributed by atoms with Crippen LogP contribution in [-0.4, -0.2) is 37.2 Å². The highest BCUT2D eigenvalue weighted by Gasteiger charge is 2.19. The van der Waals surface area contributed by atoms with Crippen molar-refractivity contribution in [2.45, 2.75) is 367 Å². The Labute approximate surface area is 485 Å².